The summed E-state index contributed by atoms with van der Waals surface area (Å²) < 4.78 is 5.52. The van der Waals surface area contributed by atoms with Crippen molar-refractivity contribution in [3.05, 3.63) is 18.5 Å². The SMILES string of the molecule is O=C(CCC1CCN(C(=O)CSc2ncccn2)CC1)NC[C@H]1CCCO1. The van der Waals surface area contributed by atoms with Crippen molar-refractivity contribution >= 4 is 23.6 Å². The largest absolute Gasteiger partial charge is 0.376 e. The highest BCUT2D eigenvalue weighted by molar-refractivity contribution is 7.99. The van der Waals surface area contributed by atoms with E-state index in [-0.39, 0.29) is 17.9 Å². The first kappa shape index (κ1) is 20.1. The van der Waals surface area contributed by atoms with Gasteiger partial charge in [0.05, 0.1) is 11.9 Å². The third-order valence-corrected chi connectivity index (χ3v) is 6.02. The zero-order valence-corrected chi connectivity index (χ0v) is 16.5. The number of nitrogens with zero attached hydrogens (tertiary/aromatic N) is 3. The maximum atomic E-state index is 12.3. The number of ether oxygens (including phenoxy) is 1. The van der Waals surface area contributed by atoms with Crippen LogP contribution in [0.25, 0.3) is 0 Å². The highest BCUT2D eigenvalue weighted by Crippen LogP contribution is 2.23. The van der Waals surface area contributed by atoms with Crippen molar-refractivity contribution in [2.75, 3.05) is 32.0 Å². The third kappa shape index (κ3) is 6.77. The van der Waals surface area contributed by atoms with Crippen LogP contribution in [0.2, 0.25) is 0 Å². The predicted octanol–water partition coefficient (Wildman–Crippen LogP) is 1.88. The average molecular weight is 393 g/mol. The fraction of sp³-hybridized carbons (Fsp3) is 0.684. The Labute approximate surface area is 164 Å². The summed E-state index contributed by atoms with van der Waals surface area (Å²) >= 11 is 1.38. The van der Waals surface area contributed by atoms with Crippen molar-refractivity contribution < 1.29 is 14.3 Å². The van der Waals surface area contributed by atoms with Gasteiger partial charge in [0.25, 0.3) is 0 Å². The number of piperidine rings is 1. The fourth-order valence-corrected chi connectivity index (χ4v) is 4.21. The van der Waals surface area contributed by atoms with E-state index < -0.39 is 0 Å². The van der Waals surface area contributed by atoms with Crippen LogP contribution in [0.15, 0.2) is 23.6 Å². The number of rotatable bonds is 8. The third-order valence-electron chi connectivity index (χ3n) is 5.16. The van der Waals surface area contributed by atoms with E-state index in [0.717, 1.165) is 51.8 Å². The van der Waals surface area contributed by atoms with Crippen molar-refractivity contribution in [3.8, 4) is 0 Å². The number of hydrogen-bond acceptors (Lipinski definition) is 6. The van der Waals surface area contributed by atoms with Gasteiger partial charge in [-0.05, 0) is 44.1 Å². The standard InChI is InChI=1S/C19H28N4O3S/c24-17(22-13-16-3-1-12-26-16)5-4-15-6-10-23(11-7-15)18(25)14-27-19-20-8-2-9-21-19/h2,8-9,15-16H,1,3-7,10-14H2,(H,22,24)/t16-/m1/s1. The molecule has 1 aromatic rings. The molecule has 27 heavy (non-hydrogen) atoms. The molecule has 0 saturated carbocycles. The Morgan fingerprint density at radius 1 is 1.22 bits per heavy atom. The molecule has 148 valence electrons. The van der Waals surface area contributed by atoms with Crippen molar-refractivity contribution in [1.82, 2.24) is 20.2 Å². The molecular formula is C19H28N4O3S. The fourth-order valence-electron chi connectivity index (χ4n) is 3.51. The van der Waals surface area contributed by atoms with E-state index >= 15 is 0 Å². The topological polar surface area (TPSA) is 84.4 Å². The van der Waals surface area contributed by atoms with Crippen LogP contribution in [0.1, 0.15) is 38.5 Å². The van der Waals surface area contributed by atoms with Gasteiger partial charge in [0.2, 0.25) is 11.8 Å². The molecular weight excluding hydrogens is 364 g/mol. The molecule has 3 heterocycles. The van der Waals surface area contributed by atoms with E-state index in [1.165, 1.54) is 11.8 Å². The molecule has 2 fully saturated rings. The summed E-state index contributed by atoms with van der Waals surface area (Å²) in [6.45, 7) is 3.00. The first-order valence-electron chi connectivity index (χ1n) is 9.76. The summed E-state index contributed by atoms with van der Waals surface area (Å²) in [4.78, 5) is 34.5. The van der Waals surface area contributed by atoms with Gasteiger partial charge in [-0.1, -0.05) is 11.8 Å². The number of thioether (sulfide) groups is 1. The van der Waals surface area contributed by atoms with E-state index in [9.17, 15) is 9.59 Å². The van der Waals surface area contributed by atoms with Gasteiger partial charge in [0.1, 0.15) is 0 Å². The zero-order chi connectivity index (χ0) is 18.9. The summed E-state index contributed by atoms with van der Waals surface area (Å²) in [7, 11) is 0. The van der Waals surface area contributed by atoms with Crippen LogP contribution in [0.4, 0.5) is 0 Å². The second kappa shape index (κ2) is 10.6. The van der Waals surface area contributed by atoms with Gasteiger partial charge in [0, 0.05) is 45.1 Å². The van der Waals surface area contributed by atoms with Gasteiger partial charge in [0.15, 0.2) is 5.16 Å². The van der Waals surface area contributed by atoms with Gasteiger partial charge in [-0.25, -0.2) is 9.97 Å². The average Bonchev–Trinajstić information content (AvgIpc) is 3.24. The predicted molar refractivity (Wildman–Crippen MR) is 103 cm³/mol. The van der Waals surface area contributed by atoms with Gasteiger partial charge in [-0.3, -0.25) is 9.59 Å². The molecule has 2 saturated heterocycles. The number of likely N-dealkylation sites (tertiary alicyclic amines) is 1. The minimum Gasteiger partial charge on any atom is -0.376 e. The molecule has 2 aliphatic rings. The van der Waals surface area contributed by atoms with Crippen LogP contribution >= 0.6 is 11.8 Å². The second-order valence-corrected chi connectivity index (χ2v) is 8.06. The molecule has 0 radical (unpaired) electrons. The Hall–Kier alpha value is -1.67. The quantitative estimate of drug-likeness (QED) is 0.537. The van der Waals surface area contributed by atoms with E-state index in [4.69, 9.17) is 4.74 Å². The molecule has 7 nitrogen and oxygen atoms in total. The summed E-state index contributed by atoms with van der Waals surface area (Å²) in [5, 5.41) is 3.61. The van der Waals surface area contributed by atoms with E-state index in [2.05, 4.69) is 15.3 Å². The van der Waals surface area contributed by atoms with Gasteiger partial charge in [-0.15, -0.1) is 0 Å². The molecule has 0 unspecified atom stereocenters. The van der Waals surface area contributed by atoms with Gasteiger partial charge in [-0.2, -0.15) is 0 Å². The molecule has 2 amide bonds. The second-order valence-electron chi connectivity index (χ2n) is 7.12. The highest BCUT2D eigenvalue weighted by atomic mass is 32.2. The number of hydrogen-bond donors (Lipinski definition) is 1. The van der Waals surface area contributed by atoms with Crippen molar-refractivity contribution in [3.63, 3.8) is 0 Å². The van der Waals surface area contributed by atoms with Crippen molar-refractivity contribution in [2.24, 2.45) is 5.92 Å². The van der Waals surface area contributed by atoms with Crippen LogP contribution in [0.5, 0.6) is 0 Å². The Morgan fingerprint density at radius 2 is 2.00 bits per heavy atom. The minimum absolute atomic E-state index is 0.114. The number of carbonyl (C=O) groups is 2. The smallest absolute Gasteiger partial charge is 0.233 e. The Bertz CT molecular complexity index is 602. The molecule has 0 spiro atoms. The normalized spacial score (nSPS) is 20.6. The lowest BCUT2D eigenvalue weighted by Gasteiger charge is -2.32. The van der Waals surface area contributed by atoms with Crippen LogP contribution < -0.4 is 5.32 Å². The Morgan fingerprint density at radius 3 is 2.70 bits per heavy atom. The van der Waals surface area contributed by atoms with E-state index in [1.807, 2.05) is 4.90 Å². The maximum absolute atomic E-state index is 12.3. The molecule has 3 rings (SSSR count). The first-order valence-corrected chi connectivity index (χ1v) is 10.7. The minimum atomic E-state index is 0.114. The van der Waals surface area contributed by atoms with E-state index in [0.29, 0.717) is 29.8 Å². The number of amides is 2. The molecule has 8 heteroatoms. The van der Waals surface area contributed by atoms with Crippen molar-refractivity contribution in [2.45, 2.75) is 49.8 Å². The monoisotopic (exact) mass is 392 g/mol. The number of nitrogens with one attached hydrogen (secondary N) is 1. The summed E-state index contributed by atoms with van der Waals surface area (Å²) in [6.07, 6.45) is 9.09. The summed E-state index contributed by atoms with van der Waals surface area (Å²) in [5.74, 6) is 1.15. The maximum Gasteiger partial charge on any atom is 0.233 e. The van der Waals surface area contributed by atoms with Gasteiger partial charge < -0.3 is 15.0 Å². The summed E-state index contributed by atoms with van der Waals surface area (Å²) in [6, 6.07) is 1.76. The highest BCUT2D eigenvalue weighted by Gasteiger charge is 2.23. The van der Waals surface area contributed by atoms with E-state index in [1.54, 1.807) is 18.5 Å². The Balaban J connectivity index is 1.28. The molecule has 2 aliphatic heterocycles. The van der Waals surface area contributed by atoms with Crippen LogP contribution in [0, 0.1) is 5.92 Å². The molecule has 1 atom stereocenters. The van der Waals surface area contributed by atoms with Crippen LogP contribution in [-0.2, 0) is 14.3 Å². The van der Waals surface area contributed by atoms with Crippen LogP contribution in [-0.4, -0.2) is 64.8 Å². The summed E-state index contributed by atoms with van der Waals surface area (Å²) in [5.41, 5.74) is 0. The van der Waals surface area contributed by atoms with Gasteiger partial charge >= 0.3 is 0 Å². The molecule has 0 aliphatic carbocycles. The van der Waals surface area contributed by atoms with Crippen molar-refractivity contribution in [1.29, 1.82) is 0 Å². The molecule has 0 bridgehead atoms. The molecule has 1 N–H and O–H groups in total. The lowest BCUT2D eigenvalue weighted by Crippen LogP contribution is -2.39. The Kier molecular flexibility index (Phi) is 7.89. The molecule has 0 aromatic carbocycles. The lowest BCUT2D eigenvalue weighted by atomic mass is 9.92. The number of aromatic nitrogens is 2. The lowest BCUT2D eigenvalue weighted by molar-refractivity contribution is -0.130. The van der Waals surface area contributed by atoms with Crippen LogP contribution in [0.3, 0.4) is 0 Å². The zero-order valence-electron chi connectivity index (χ0n) is 15.6. The first-order chi connectivity index (χ1) is 13.2. The molecule has 1 aromatic heterocycles. The number of carbonyl (C=O) groups excluding carboxylic acids is 2.